The lowest BCUT2D eigenvalue weighted by molar-refractivity contribution is 0.199. The van der Waals surface area contributed by atoms with Crippen molar-refractivity contribution in [1.82, 2.24) is 0 Å². The van der Waals surface area contributed by atoms with E-state index in [1.807, 2.05) is 6.26 Å². The summed E-state index contributed by atoms with van der Waals surface area (Å²) >= 11 is 4.83. The van der Waals surface area contributed by atoms with Gasteiger partial charge in [0.15, 0.2) is 0 Å². The minimum absolute atomic E-state index is 0.256. The number of rotatable bonds is 4. The van der Waals surface area contributed by atoms with Crippen LogP contribution in [-0.4, -0.2) is 23.2 Å². The fourth-order valence-corrected chi connectivity index (χ4v) is 2.12. The van der Waals surface area contributed by atoms with Crippen molar-refractivity contribution in [1.29, 1.82) is 0 Å². The van der Waals surface area contributed by atoms with Crippen molar-refractivity contribution in [3.63, 3.8) is 0 Å². The number of halogens is 2. The predicted molar refractivity (Wildman–Crippen MR) is 62.2 cm³/mol. The van der Waals surface area contributed by atoms with E-state index >= 15 is 0 Å². The third kappa shape index (κ3) is 3.59. The molecule has 1 atom stereocenters. The number of hydrogen-bond acceptors (Lipinski definition) is 2. The first-order chi connectivity index (χ1) is 6.63. The fourth-order valence-electron chi connectivity index (χ4n) is 1.20. The van der Waals surface area contributed by atoms with Crippen LogP contribution in [0.15, 0.2) is 22.7 Å². The van der Waals surface area contributed by atoms with Crippen LogP contribution in [0.4, 0.5) is 4.39 Å². The highest BCUT2D eigenvalue weighted by molar-refractivity contribution is 9.10. The van der Waals surface area contributed by atoms with Crippen molar-refractivity contribution < 1.29 is 9.50 Å². The molecule has 1 aromatic carbocycles. The minimum Gasteiger partial charge on any atom is -0.392 e. The highest BCUT2D eigenvalue weighted by Gasteiger charge is 2.09. The summed E-state index contributed by atoms with van der Waals surface area (Å²) in [4.78, 5) is 0. The lowest BCUT2D eigenvalue weighted by atomic mass is 10.1. The van der Waals surface area contributed by atoms with Gasteiger partial charge in [0.1, 0.15) is 5.82 Å². The molecule has 14 heavy (non-hydrogen) atoms. The molecule has 1 unspecified atom stereocenters. The Morgan fingerprint density at radius 3 is 2.93 bits per heavy atom. The van der Waals surface area contributed by atoms with E-state index in [0.29, 0.717) is 17.7 Å². The van der Waals surface area contributed by atoms with Gasteiger partial charge in [-0.15, -0.1) is 0 Å². The quantitative estimate of drug-likeness (QED) is 0.914. The molecule has 0 saturated carbocycles. The number of hydrogen-bond donors (Lipinski definition) is 1. The summed E-state index contributed by atoms with van der Waals surface area (Å²) < 4.78 is 14.1. The van der Waals surface area contributed by atoms with Crippen molar-refractivity contribution in [2.45, 2.75) is 12.5 Å². The lowest BCUT2D eigenvalue weighted by Crippen LogP contribution is -2.14. The highest BCUT2D eigenvalue weighted by atomic mass is 79.9. The largest absolute Gasteiger partial charge is 0.392 e. The number of aliphatic hydroxyl groups is 1. The second kappa shape index (κ2) is 5.73. The van der Waals surface area contributed by atoms with Gasteiger partial charge in [-0.1, -0.05) is 15.9 Å². The van der Waals surface area contributed by atoms with Crippen LogP contribution in [0.5, 0.6) is 0 Å². The number of thioether (sulfide) groups is 1. The molecule has 0 aromatic heterocycles. The SMILES string of the molecule is CSCC(O)Cc1cc(Br)ccc1F. The summed E-state index contributed by atoms with van der Waals surface area (Å²) in [7, 11) is 0. The summed E-state index contributed by atoms with van der Waals surface area (Å²) in [5.41, 5.74) is 0.556. The predicted octanol–water partition coefficient (Wildman–Crippen LogP) is 2.85. The molecule has 1 nitrogen and oxygen atoms in total. The molecule has 78 valence electrons. The molecule has 1 rings (SSSR count). The molecule has 1 aromatic rings. The van der Waals surface area contributed by atoms with Crippen LogP contribution >= 0.6 is 27.7 Å². The molecule has 0 amide bonds. The van der Waals surface area contributed by atoms with Gasteiger partial charge in [0.05, 0.1) is 6.10 Å². The normalized spacial score (nSPS) is 12.9. The Balaban J connectivity index is 2.70. The molecule has 0 fully saturated rings. The minimum atomic E-state index is -0.478. The Morgan fingerprint density at radius 2 is 2.29 bits per heavy atom. The molecular formula is C10H12BrFOS. The van der Waals surface area contributed by atoms with Crippen LogP contribution in [-0.2, 0) is 6.42 Å². The van der Waals surface area contributed by atoms with Gasteiger partial charge < -0.3 is 5.11 Å². The van der Waals surface area contributed by atoms with Crippen LogP contribution in [0.25, 0.3) is 0 Å². The average molecular weight is 279 g/mol. The molecule has 0 radical (unpaired) electrons. The summed E-state index contributed by atoms with van der Waals surface area (Å²) in [6.45, 7) is 0. The standard InChI is InChI=1S/C10H12BrFOS/c1-14-6-9(13)5-7-4-8(11)2-3-10(7)12/h2-4,9,13H,5-6H2,1H3. The molecule has 0 aliphatic carbocycles. The van der Waals surface area contributed by atoms with E-state index in [4.69, 9.17) is 0 Å². The maximum atomic E-state index is 13.2. The van der Waals surface area contributed by atoms with Crippen LogP contribution in [0.2, 0.25) is 0 Å². The topological polar surface area (TPSA) is 20.2 Å². The maximum absolute atomic E-state index is 13.2. The van der Waals surface area contributed by atoms with E-state index in [2.05, 4.69) is 15.9 Å². The zero-order valence-corrected chi connectivity index (χ0v) is 10.2. The molecule has 0 saturated heterocycles. The molecule has 1 N–H and O–H groups in total. The Morgan fingerprint density at radius 1 is 1.57 bits per heavy atom. The fraction of sp³-hybridized carbons (Fsp3) is 0.400. The lowest BCUT2D eigenvalue weighted by Gasteiger charge is -2.09. The van der Waals surface area contributed by atoms with E-state index in [-0.39, 0.29) is 5.82 Å². The van der Waals surface area contributed by atoms with Gasteiger partial charge in [0.2, 0.25) is 0 Å². The smallest absolute Gasteiger partial charge is 0.126 e. The Kier molecular flexibility index (Phi) is 4.92. The first-order valence-electron chi connectivity index (χ1n) is 4.24. The number of aliphatic hydroxyl groups excluding tert-OH is 1. The Labute approximate surface area is 95.8 Å². The second-order valence-electron chi connectivity index (χ2n) is 3.05. The summed E-state index contributed by atoms with van der Waals surface area (Å²) in [6.07, 6.45) is 1.81. The second-order valence-corrected chi connectivity index (χ2v) is 4.88. The van der Waals surface area contributed by atoms with Crippen LogP contribution in [0.3, 0.4) is 0 Å². The summed E-state index contributed by atoms with van der Waals surface area (Å²) in [5, 5.41) is 9.52. The Hall–Kier alpha value is -0.0600. The number of benzene rings is 1. The average Bonchev–Trinajstić information content (AvgIpc) is 2.12. The molecular weight excluding hydrogens is 267 g/mol. The molecule has 0 bridgehead atoms. The van der Waals surface area contributed by atoms with Crippen LogP contribution in [0, 0.1) is 5.82 Å². The molecule has 0 spiro atoms. The van der Waals surface area contributed by atoms with Crippen molar-refractivity contribution in [2.75, 3.05) is 12.0 Å². The zero-order valence-electron chi connectivity index (χ0n) is 7.84. The van der Waals surface area contributed by atoms with Crippen LogP contribution in [0.1, 0.15) is 5.56 Å². The third-order valence-electron chi connectivity index (χ3n) is 1.82. The van der Waals surface area contributed by atoms with E-state index < -0.39 is 6.10 Å². The van der Waals surface area contributed by atoms with Crippen molar-refractivity contribution in [3.8, 4) is 0 Å². The van der Waals surface area contributed by atoms with Gasteiger partial charge in [-0.25, -0.2) is 4.39 Å². The van der Waals surface area contributed by atoms with Crippen LogP contribution < -0.4 is 0 Å². The molecule has 0 aliphatic heterocycles. The van der Waals surface area contributed by atoms with Crippen molar-refractivity contribution in [2.24, 2.45) is 0 Å². The molecule has 0 aliphatic rings. The van der Waals surface area contributed by atoms with E-state index in [1.54, 1.807) is 23.9 Å². The van der Waals surface area contributed by atoms with Gasteiger partial charge in [0.25, 0.3) is 0 Å². The van der Waals surface area contributed by atoms with Gasteiger partial charge in [-0.2, -0.15) is 11.8 Å². The van der Waals surface area contributed by atoms with Gasteiger partial charge in [0, 0.05) is 16.6 Å². The highest BCUT2D eigenvalue weighted by Crippen LogP contribution is 2.17. The van der Waals surface area contributed by atoms with Crippen molar-refractivity contribution >= 4 is 27.7 Å². The van der Waals surface area contributed by atoms with Gasteiger partial charge >= 0.3 is 0 Å². The first kappa shape index (κ1) is 12.0. The van der Waals surface area contributed by atoms with Crippen molar-refractivity contribution in [3.05, 3.63) is 34.1 Å². The maximum Gasteiger partial charge on any atom is 0.126 e. The Bertz CT molecular complexity index is 306. The summed E-state index contributed by atoms with van der Waals surface area (Å²) in [6, 6.07) is 4.77. The molecule has 0 heterocycles. The first-order valence-corrected chi connectivity index (χ1v) is 6.43. The molecule has 4 heteroatoms. The monoisotopic (exact) mass is 278 g/mol. The zero-order chi connectivity index (χ0) is 10.6. The van der Waals surface area contributed by atoms with E-state index in [9.17, 15) is 9.50 Å². The van der Waals surface area contributed by atoms with Gasteiger partial charge in [-0.05, 0) is 30.0 Å². The van der Waals surface area contributed by atoms with E-state index in [0.717, 1.165) is 4.47 Å². The summed E-state index contributed by atoms with van der Waals surface area (Å²) in [5.74, 6) is 0.375. The van der Waals surface area contributed by atoms with Gasteiger partial charge in [-0.3, -0.25) is 0 Å². The third-order valence-corrected chi connectivity index (χ3v) is 3.03. The van der Waals surface area contributed by atoms with E-state index in [1.165, 1.54) is 6.07 Å².